The van der Waals surface area contributed by atoms with Crippen molar-refractivity contribution in [2.75, 3.05) is 17.7 Å². The number of carbonyl (C=O) groups excluding carboxylic acids is 1. The lowest BCUT2D eigenvalue weighted by atomic mass is 10.1. The summed E-state index contributed by atoms with van der Waals surface area (Å²) >= 11 is 0.792. The minimum atomic E-state index is -4.76. The summed E-state index contributed by atoms with van der Waals surface area (Å²) in [6, 6.07) is 14.6. The number of carbonyl (C=O) groups is 1. The van der Waals surface area contributed by atoms with Crippen LogP contribution in [-0.2, 0) is 11.0 Å². The van der Waals surface area contributed by atoms with E-state index in [0.717, 1.165) is 35.4 Å². The van der Waals surface area contributed by atoms with Crippen LogP contribution in [0.5, 0.6) is 5.75 Å². The van der Waals surface area contributed by atoms with Crippen molar-refractivity contribution >= 4 is 23.4 Å². The summed E-state index contributed by atoms with van der Waals surface area (Å²) in [6.45, 7) is 6.22. The van der Waals surface area contributed by atoms with Gasteiger partial charge in [0, 0.05) is 11.3 Å². The smallest absolute Gasteiger partial charge is 0.417 e. The Morgan fingerprint density at radius 1 is 1.14 bits per heavy atom. The molecule has 5 nitrogen and oxygen atoms in total. The van der Waals surface area contributed by atoms with Crippen LogP contribution in [0.2, 0.25) is 0 Å². The normalized spacial score (nSPS) is 11.1. The largest absolute Gasteiger partial charge is 0.494 e. The molecular formula is C26H24F3N3O2S. The van der Waals surface area contributed by atoms with Crippen LogP contribution in [0, 0.1) is 25.2 Å². The highest BCUT2D eigenvalue weighted by molar-refractivity contribution is 8.00. The SMILES string of the molecule is CCCOc1ccc(-c2cc(C(F)(F)F)c(C#N)c(SCC(=O)Nc3cc(C)ccc3C)n2)cc1. The minimum Gasteiger partial charge on any atom is -0.494 e. The number of rotatable bonds is 8. The van der Waals surface area contributed by atoms with E-state index in [1.807, 2.05) is 39.0 Å². The number of pyridine rings is 1. The number of aromatic nitrogens is 1. The number of benzene rings is 2. The van der Waals surface area contributed by atoms with E-state index in [9.17, 15) is 23.2 Å². The van der Waals surface area contributed by atoms with Crippen molar-refractivity contribution in [3.8, 4) is 23.1 Å². The molecule has 0 unspecified atom stereocenters. The van der Waals surface area contributed by atoms with Gasteiger partial charge in [-0.15, -0.1) is 0 Å². The molecule has 3 rings (SSSR count). The van der Waals surface area contributed by atoms with Gasteiger partial charge < -0.3 is 10.1 Å². The maximum absolute atomic E-state index is 13.8. The lowest BCUT2D eigenvalue weighted by Gasteiger charge is -2.15. The Morgan fingerprint density at radius 3 is 2.49 bits per heavy atom. The second-order valence-corrected chi connectivity index (χ2v) is 8.84. The fourth-order valence-electron chi connectivity index (χ4n) is 3.24. The van der Waals surface area contributed by atoms with E-state index < -0.39 is 23.2 Å². The van der Waals surface area contributed by atoms with Crippen molar-refractivity contribution in [2.24, 2.45) is 0 Å². The standard InChI is InChI=1S/C26H24F3N3O2S/c1-4-11-34-19-9-7-18(8-10-19)23-13-21(26(27,28)29)20(14-30)25(32-23)35-15-24(33)31-22-12-16(2)5-6-17(22)3/h5-10,12-13H,4,11,15H2,1-3H3,(H,31,33). The highest BCUT2D eigenvalue weighted by Crippen LogP contribution is 2.38. The summed E-state index contributed by atoms with van der Waals surface area (Å²) in [5.74, 6) is -0.0247. The van der Waals surface area contributed by atoms with Gasteiger partial charge in [0.1, 0.15) is 16.8 Å². The fraction of sp³-hybridized carbons (Fsp3) is 0.269. The van der Waals surface area contributed by atoms with Crippen molar-refractivity contribution < 1.29 is 22.7 Å². The Balaban J connectivity index is 1.90. The molecule has 1 heterocycles. The Hall–Kier alpha value is -3.51. The third-order valence-electron chi connectivity index (χ3n) is 5.03. The number of anilines is 1. The van der Waals surface area contributed by atoms with Crippen LogP contribution in [0.15, 0.2) is 53.6 Å². The van der Waals surface area contributed by atoms with E-state index in [-0.39, 0.29) is 16.5 Å². The lowest BCUT2D eigenvalue weighted by Crippen LogP contribution is -2.16. The molecule has 0 fully saturated rings. The Bertz CT molecular complexity index is 1250. The Kier molecular flexibility index (Phi) is 8.41. The second kappa shape index (κ2) is 11.3. The van der Waals surface area contributed by atoms with Gasteiger partial charge in [-0.2, -0.15) is 18.4 Å². The van der Waals surface area contributed by atoms with Gasteiger partial charge in [0.25, 0.3) is 0 Å². The van der Waals surface area contributed by atoms with Gasteiger partial charge in [-0.3, -0.25) is 4.79 Å². The zero-order valence-corrected chi connectivity index (χ0v) is 20.3. The van der Waals surface area contributed by atoms with Gasteiger partial charge in [-0.1, -0.05) is 30.8 Å². The van der Waals surface area contributed by atoms with E-state index in [1.54, 1.807) is 30.3 Å². The summed E-state index contributed by atoms with van der Waals surface area (Å²) in [6.07, 6.45) is -3.94. The third kappa shape index (κ3) is 6.76. The van der Waals surface area contributed by atoms with Crippen molar-refractivity contribution in [1.82, 2.24) is 4.98 Å². The summed E-state index contributed by atoms with van der Waals surface area (Å²) in [4.78, 5) is 16.8. The van der Waals surface area contributed by atoms with Crippen LogP contribution >= 0.6 is 11.8 Å². The number of thioether (sulfide) groups is 1. The summed E-state index contributed by atoms with van der Waals surface area (Å²) < 4.78 is 46.9. The summed E-state index contributed by atoms with van der Waals surface area (Å²) in [7, 11) is 0. The van der Waals surface area contributed by atoms with Crippen molar-refractivity contribution in [3.63, 3.8) is 0 Å². The average molecular weight is 500 g/mol. The first-order chi connectivity index (χ1) is 16.6. The fourth-order valence-corrected chi connectivity index (χ4v) is 4.04. The number of aryl methyl sites for hydroxylation is 2. The zero-order chi connectivity index (χ0) is 25.6. The van der Waals surface area contributed by atoms with Crippen LogP contribution in [-0.4, -0.2) is 23.3 Å². The Labute approximate surface area is 206 Å². The molecule has 0 bridgehead atoms. The third-order valence-corrected chi connectivity index (χ3v) is 6.01. The number of ether oxygens (including phenoxy) is 1. The average Bonchev–Trinajstić information content (AvgIpc) is 2.82. The maximum Gasteiger partial charge on any atom is 0.417 e. The van der Waals surface area contributed by atoms with Crippen LogP contribution in [0.3, 0.4) is 0 Å². The second-order valence-electron chi connectivity index (χ2n) is 7.87. The predicted molar refractivity (Wildman–Crippen MR) is 130 cm³/mol. The molecule has 0 radical (unpaired) electrons. The van der Waals surface area contributed by atoms with E-state index in [1.165, 1.54) is 0 Å². The molecule has 0 spiro atoms. The van der Waals surface area contributed by atoms with Crippen LogP contribution in [0.1, 0.15) is 35.6 Å². The summed E-state index contributed by atoms with van der Waals surface area (Å²) in [5, 5.41) is 12.1. The number of nitriles is 1. The molecule has 1 aromatic heterocycles. The molecule has 0 aliphatic heterocycles. The Morgan fingerprint density at radius 2 is 1.86 bits per heavy atom. The molecule has 35 heavy (non-hydrogen) atoms. The molecule has 0 aliphatic carbocycles. The molecule has 9 heteroatoms. The number of nitrogens with one attached hydrogen (secondary N) is 1. The van der Waals surface area contributed by atoms with Crippen molar-refractivity contribution in [3.05, 3.63) is 70.8 Å². The highest BCUT2D eigenvalue weighted by Gasteiger charge is 2.36. The summed E-state index contributed by atoms with van der Waals surface area (Å²) in [5.41, 5.74) is 1.24. The van der Waals surface area contributed by atoms with E-state index >= 15 is 0 Å². The number of hydrogen-bond donors (Lipinski definition) is 1. The minimum absolute atomic E-state index is 0.0517. The van der Waals surface area contributed by atoms with Crippen molar-refractivity contribution in [2.45, 2.75) is 38.4 Å². The van der Waals surface area contributed by atoms with Gasteiger partial charge >= 0.3 is 6.18 Å². The van der Waals surface area contributed by atoms with Crippen LogP contribution < -0.4 is 10.1 Å². The molecule has 1 N–H and O–H groups in total. The zero-order valence-electron chi connectivity index (χ0n) is 19.5. The molecule has 3 aromatic rings. The van der Waals surface area contributed by atoms with E-state index in [4.69, 9.17) is 4.74 Å². The lowest BCUT2D eigenvalue weighted by molar-refractivity contribution is -0.138. The van der Waals surface area contributed by atoms with E-state index in [2.05, 4.69) is 10.3 Å². The van der Waals surface area contributed by atoms with Crippen LogP contribution in [0.4, 0.5) is 18.9 Å². The number of hydrogen-bond acceptors (Lipinski definition) is 5. The number of halogens is 3. The molecule has 182 valence electrons. The number of nitrogens with zero attached hydrogens (tertiary/aromatic N) is 2. The molecule has 0 saturated heterocycles. The molecule has 0 aliphatic rings. The van der Waals surface area contributed by atoms with E-state index in [0.29, 0.717) is 23.6 Å². The molecule has 1 amide bonds. The first-order valence-electron chi connectivity index (χ1n) is 10.9. The molecule has 0 saturated carbocycles. The first-order valence-corrected chi connectivity index (χ1v) is 11.9. The highest BCUT2D eigenvalue weighted by atomic mass is 32.2. The van der Waals surface area contributed by atoms with Gasteiger partial charge in [-0.05, 0) is 67.8 Å². The van der Waals surface area contributed by atoms with Gasteiger partial charge in [0.2, 0.25) is 5.91 Å². The van der Waals surface area contributed by atoms with Gasteiger partial charge in [0.15, 0.2) is 0 Å². The number of amides is 1. The molecule has 2 aromatic carbocycles. The molecule has 0 atom stereocenters. The first kappa shape index (κ1) is 26.1. The van der Waals surface area contributed by atoms with Crippen molar-refractivity contribution in [1.29, 1.82) is 5.26 Å². The maximum atomic E-state index is 13.8. The topological polar surface area (TPSA) is 75.0 Å². The monoisotopic (exact) mass is 499 g/mol. The van der Waals surface area contributed by atoms with Gasteiger partial charge in [0.05, 0.1) is 29.2 Å². The van der Waals surface area contributed by atoms with Gasteiger partial charge in [-0.25, -0.2) is 4.98 Å². The van der Waals surface area contributed by atoms with Crippen LogP contribution in [0.25, 0.3) is 11.3 Å². The molecular weight excluding hydrogens is 475 g/mol. The quantitative estimate of drug-likeness (QED) is 0.346. The predicted octanol–water partition coefficient (Wildman–Crippen LogP) is 6.78. The number of alkyl halides is 3.